The van der Waals surface area contributed by atoms with Gasteiger partial charge in [0.25, 0.3) is 0 Å². The fourth-order valence-electron chi connectivity index (χ4n) is 2.85. The van der Waals surface area contributed by atoms with Gasteiger partial charge in [-0.25, -0.2) is 0 Å². The summed E-state index contributed by atoms with van der Waals surface area (Å²) in [5, 5.41) is 0. The number of carbonyl (C=O) groups excluding carboxylic acids is 1. The third-order valence-corrected chi connectivity index (χ3v) is 4.03. The molecule has 3 rings (SSSR count). The lowest BCUT2D eigenvalue weighted by atomic mass is 10.0. The van der Waals surface area contributed by atoms with Crippen LogP contribution in [0.25, 0.3) is 0 Å². The summed E-state index contributed by atoms with van der Waals surface area (Å²) in [6.45, 7) is 4.95. The summed E-state index contributed by atoms with van der Waals surface area (Å²) in [6.07, 6.45) is 1.45. The Bertz CT molecular complexity index is 660. The molecule has 0 saturated heterocycles. The zero-order valence-electron chi connectivity index (χ0n) is 12.0. The van der Waals surface area contributed by atoms with Gasteiger partial charge >= 0.3 is 0 Å². The van der Waals surface area contributed by atoms with E-state index in [4.69, 9.17) is 0 Å². The molecule has 0 aromatic heterocycles. The van der Waals surface area contributed by atoms with Crippen molar-refractivity contribution in [2.24, 2.45) is 0 Å². The number of amides is 1. The molecular formula is C18H19NO. The number of para-hydroxylation sites is 1. The van der Waals surface area contributed by atoms with E-state index in [0.29, 0.717) is 6.42 Å². The van der Waals surface area contributed by atoms with Crippen LogP contribution in [-0.2, 0) is 17.6 Å². The number of nitrogens with zero attached hydrogens (tertiary/aromatic N) is 1. The van der Waals surface area contributed by atoms with E-state index in [1.807, 2.05) is 23.1 Å². The third kappa shape index (κ3) is 2.34. The predicted octanol–water partition coefficient (Wildman–Crippen LogP) is 3.44. The van der Waals surface area contributed by atoms with Gasteiger partial charge in [-0.15, -0.1) is 0 Å². The molecule has 0 atom stereocenters. The molecule has 0 spiro atoms. The third-order valence-electron chi connectivity index (χ3n) is 4.03. The van der Waals surface area contributed by atoms with Crippen LogP contribution in [0.15, 0.2) is 42.5 Å². The van der Waals surface area contributed by atoms with Crippen LogP contribution >= 0.6 is 0 Å². The zero-order valence-corrected chi connectivity index (χ0v) is 12.0. The number of hydrogen-bond acceptors (Lipinski definition) is 1. The van der Waals surface area contributed by atoms with Crippen LogP contribution in [0.3, 0.4) is 0 Å². The molecule has 2 heteroatoms. The summed E-state index contributed by atoms with van der Waals surface area (Å²) in [5.74, 6) is 0.198. The van der Waals surface area contributed by atoms with Crippen LogP contribution in [0.2, 0.25) is 0 Å². The van der Waals surface area contributed by atoms with E-state index in [1.165, 1.54) is 16.7 Å². The van der Waals surface area contributed by atoms with Crippen molar-refractivity contribution >= 4 is 11.6 Å². The monoisotopic (exact) mass is 265 g/mol. The van der Waals surface area contributed by atoms with E-state index in [1.54, 1.807) is 0 Å². The van der Waals surface area contributed by atoms with Gasteiger partial charge in [-0.05, 0) is 43.0 Å². The second kappa shape index (κ2) is 5.12. The lowest BCUT2D eigenvalue weighted by Gasteiger charge is -2.18. The highest BCUT2D eigenvalue weighted by Crippen LogP contribution is 2.28. The topological polar surface area (TPSA) is 20.3 Å². The largest absolute Gasteiger partial charge is 0.312 e. The highest BCUT2D eigenvalue weighted by molar-refractivity contribution is 5.96. The van der Waals surface area contributed by atoms with E-state index in [0.717, 1.165) is 24.2 Å². The second-order valence-corrected chi connectivity index (χ2v) is 5.53. The number of carbonyl (C=O) groups is 1. The van der Waals surface area contributed by atoms with Crippen molar-refractivity contribution in [3.8, 4) is 0 Å². The molecule has 2 aromatic carbocycles. The van der Waals surface area contributed by atoms with Crippen molar-refractivity contribution in [2.45, 2.75) is 26.7 Å². The molecular weight excluding hydrogens is 246 g/mol. The second-order valence-electron chi connectivity index (χ2n) is 5.53. The van der Waals surface area contributed by atoms with Crippen molar-refractivity contribution in [1.82, 2.24) is 0 Å². The van der Waals surface area contributed by atoms with Crippen molar-refractivity contribution in [1.29, 1.82) is 0 Å². The zero-order chi connectivity index (χ0) is 14.1. The summed E-state index contributed by atoms with van der Waals surface area (Å²) in [4.78, 5) is 14.5. The van der Waals surface area contributed by atoms with Gasteiger partial charge in [-0.3, -0.25) is 4.79 Å². The fraction of sp³-hybridized carbons (Fsp3) is 0.278. The maximum atomic E-state index is 12.6. The van der Waals surface area contributed by atoms with Crippen LogP contribution < -0.4 is 4.90 Å². The Morgan fingerprint density at radius 3 is 2.80 bits per heavy atom. The summed E-state index contributed by atoms with van der Waals surface area (Å²) < 4.78 is 0. The van der Waals surface area contributed by atoms with E-state index >= 15 is 0 Å². The van der Waals surface area contributed by atoms with Crippen LogP contribution in [0, 0.1) is 13.8 Å². The van der Waals surface area contributed by atoms with Crippen LogP contribution in [0.5, 0.6) is 0 Å². The van der Waals surface area contributed by atoms with Gasteiger partial charge in [0.05, 0.1) is 6.42 Å². The molecule has 0 N–H and O–H groups in total. The van der Waals surface area contributed by atoms with Crippen LogP contribution in [0.4, 0.5) is 5.69 Å². The number of rotatable bonds is 2. The normalized spacial score (nSPS) is 13.4. The van der Waals surface area contributed by atoms with Gasteiger partial charge in [0, 0.05) is 12.2 Å². The minimum absolute atomic E-state index is 0.198. The van der Waals surface area contributed by atoms with Crippen LogP contribution in [0.1, 0.15) is 22.3 Å². The van der Waals surface area contributed by atoms with Gasteiger partial charge in [0.15, 0.2) is 0 Å². The quantitative estimate of drug-likeness (QED) is 0.814. The Labute approximate surface area is 120 Å². The van der Waals surface area contributed by atoms with Crippen LogP contribution in [-0.4, -0.2) is 12.5 Å². The summed E-state index contributed by atoms with van der Waals surface area (Å²) in [5.41, 5.74) is 5.90. The smallest absolute Gasteiger partial charge is 0.231 e. The average molecular weight is 265 g/mol. The Hall–Kier alpha value is -2.09. The molecule has 0 aliphatic carbocycles. The Morgan fingerprint density at radius 1 is 1.15 bits per heavy atom. The van der Waals surface area contributed by atoms with Crippen molar-refractivity contribution in [3.05, 3.63) is 64.7 Å². The van der Waals surface area contributed by atoms with E-state index in [2.05, 4.69) is 38.1 Å². The summed E-state index contributed by atoms with van der Waals surface area (Å²) in [6, 6.07) is 14.5. The highest BCUT2D eigenvalue weighted by Gasteiger charge is 2.24. The molecule has 0 fully saturated rings. The Kier molecular flexibility index (Phi) is 3.31. The molecule has 20 heavy (non-hydrogen) atoms. The molecule has 1 heterocycles. The minimum Gasteiger partial charge on any atom is -0.312 e. The van der Waals surface area contributed by atoms with E-state index in [-0.39, 0.29) is 5.91 Å². The average Bonchev–Trinajstić information content (AvgIpc) is 2.87. The van der Waals surface area contributed by atoms with Gasteiger partial charge < -0.3 is 4.90 Å². The highest BCUT2D eigenvalue weighted by atomic mass is 16.2. The van der Waals surface area contributed by atoms with Gasteiger partial charge in [-0.2, -0.15) is 0 Å². The molecule has 0 saturated carbocycles. The first-order valence-electron chi connectivity index (χ1n) is 7.09. The molecule has 2 aromatic rings. The van der Waals surface area contributed by atoms with Gasteiger partial charge in [0.2, 0.25) is 5.91 Å². The molecule has 0 unspecified atom stereocenters. The molecule has 1 aliphatic rings. The van der Waals surface area contributed by atoms with E-state index < -0.39 is 0 Å². The maximum absolute atomic E-state index is 12.6. The molecule has 1 amide bonds. The number of hydrogen-bond donors (Lipinski definition) is 0. The van der Waals surface area contributed by atoms with Gasteiger partial charge in [0.1, 0.15) is 0 Å². The van der Waals surface area contributed by atoms with Crippen molar-refractivity contribution < 1.29 is 4.79 Å². The van der Waals surface area contributed by atoms with Crippen molar-refractivity contribution in [3.63, 3.8) is 0 Å². The molecule has 0 bridgehead atoms. The number of aryl methyl sites for hydroxylation is 2. The molecule has 2 nitrogen and oxygen atoms in total. The minimum atomic E-state index is 0.198. The van der Waals surface area contributed by atoms with Gasteiger partial charge in [-0.1, -0.05) is 42.0 Å². The fourth-order valence-corrected chi connectivity index (χ4v) is 2.85. The summed E-state index contributed by atoms with van der Waals surface area (Å²) in [7, 11) is 0. The summed E-state index contributed by atoms with van der Waals surface area (Å²) >= 11 is 0. The first-order valence-corrected chi connectivity index (χ1v) is 7.09. The Morgan fingerprint density at radius 2 is 1.95 bits per heavy atom. The number of benzene rings is 2. The Balaban J connectivity index is 1.83. The van der Waals surface area contributed by atoms with E-state index in [9.17, 15) is 4.79 Å². The number of anilines is 1. The first kappa shape index (κ1) is 12.9. The molecule has 1 aliphatic heterocycles. The standard InChI is InChI=1S/C18H19NO/c1-13-7-8-14(2)16(11-13)12-18(20)19-10-9-15-5-3-4-6-17(15)19/h3-8,11H,9-10,12H2,1-2H3. The SMILES string of the molecule is Cc1ccc(C)c(CC(=O)N2CCc3ccccc32)c1. The lowest BCUT2D eigenvalue weighted by molar-refractivity contribution is -0.117. The predicted molar refractivity (Wildman–Crippen MR) is 82.1 cm³/mol. The van der Waals surface area contributed by atoms with Crippen molar-refractivity contribution in [2.75, 3.05) is 11.4 Å². The molecule has 0 radical (unpaired) electrons. The first-order chi connectivity index (χ1) is 9.65. The lowest BCUT2D eigenvalue weighted by Crippen LogP contribution is -2.30. The number of fused-ring (bicyclic) bond motifs is 1. The molecule has 102 valence electrons. The maximum Gasteiger partial charge on any atom is 0.231 e.